The van der Waals surface area contributed by atoms with Gasteiger partial charge in [-0.25, -0.2) is 4.98 Å². The van der Waals surface area contributed by atoms with Crippen LogP contribution in [0.1, 0.15) is 35.3 Å². The zero-order chi connectivity index (χ0) is 23.8. The van der Waals surface area contributed by atoms with E-state index in [9.17, 15) is 4.79 Å². The van der Waals surface area contributed by atoms with Crippen molar-refractivity contribution in [1.82, 2.24) is 14.5 Å². The first-order valence-electron chi connectivity index (χ1n) is 11.6. The summed E-state index contributed by atoms with van der Waals surface area (Å²) in [5.41, 5.74) is 8.14. The average Bonchev–Trinajstić information content (AvgIpc) is 3.16. The van der Waals surface area contributed by atoms with Gasteiger partial charge >= 0.3 is 0 Å². The predicted octanol–water partition coefficient (Wildman–Crippen LogP) is 6.17. The summed E-state index contributed by atoms with van der Waals surface area (Å²) < 4.78 is 2.31. The maximum absolute atomic E-state index is 12.2. The summed E-state index contributed by atoms with van der Waals surface area (Å²) in [5.74, 6) is 0.967. The van der Waals surface area contributed by atoms with Crippen molar-refractivity contribution in [2.45, 2.75) is 33.4 Å². The Kier molecular flexibility index (Phi) is 5.62. The lowest BCUT2D eigenvalue weighted by molar-refractivity contribution is 0.112. The van der Waals surface area contributed by atoms with Gasteiger partial charge in [0.2, 0.25) is 0 Å². The van der Waals surface area contributed by atoms with Gasteiger partial charge in [-0.1, -0.05) is 42.5 Å². The molecule has 0 amide bonds. The standard InChI is InChI=1S/C29H28N4O/c1-5-23(30-3)25(6-2)32(4)17-20-12-11-19-15-16-33-26-10-8-7-9-24(26)31-29(33)22-14-13-21(18-34)27(20)28(19)22/h5-14,18H,3,15-17H2,1-2,4H3/b23-5+,25-6+. The number of allylic oxidation sites excluding steroid dienone is 2. The first-order valence-corrected chi connectivity index (χ1v) is 11.6. The molecule has 0 saturated heterocycles. The topological polar surface area (TPSA) is 50.5 Å². The first-order chi connectivity index (χ1) is 16.6. The van der Waals surface area contributed by atoms with Crippen molar-refractivity contribution in [3.8, 4) is 11.4 Å². The number of likely N-dealkylation sites (N-methyl/N-ethyl adjacent to an activating group) is 1. The van der Waals surface area contributed by atoms with E-state index >= 15 is 0 Å². The number of hydrogen-bond acceptors (Lipinski definition) is 4. The molecule has 0 bridgehead atoms. The molecule has 170 valence electrons. The first kappa shape index (κ1) is 21.8. The van der Waals surface area contributed by atoms with Crippen LogP contribution in [0.5, 0.6) is 0 Å². The number of para-hydroxylation sites is 2. The van der Waals surface area contributed by atoms with Gasteiger partial charge < -0.3 is 9.47 Å². The fourth-order valence-corrected chi connectivity index (χ4v) is 5.26. The van der Waals surface area contributed by atoms with Crippen molar-refractivity contribution in [3.05, 3.63) is 88.8 Å². The van der Waals surface area contributed by atoms with Crippen molar-refractivity contribution in [1.29, 1.82) is 0 Å². The third-order valence-electron chi connectivity index (χ3n) is 6.79. The van der Waals surface area contributed by atoms with Crippen LogP contribution in [0.3, 0.4) is 0 Å². The molecule has 0 saturated carbocycles. The van der Waals surface area contributed by atoms with E-state index < -0.39 is 0 Å². The van der Waals surface area contributed by atoms with Crippen LogP contribution in [-0.2, 0) is 19.5 Å². The highest BCUT2D eigenvalue weighted by Crippen LogP contribution is 2.39. The summed E-state index contributed by atoms with van der Waals surface area (Å²) in [5, 5.41) is 2.15. The molecule has 0 N–H and O–H groups in total. The molecule has 1 aliphatic rings. The molecule has 0 atom stereocenters. The van der Waals surface area contributed by atoms with Crippen molar-refractivity contribution in [3.63, 3.8) is 0 Å². The molecular formula is C29H28N4O. The van der Waals surface area contributed by atoms with Crippen LogP contribution in [0.15, 0.2) is 77.1 Å². The van der Waals surface area contributed by atoms with Crippen LogP contribution in [0.2, 0.25) is 0 Å². The van der Waals surface area contributed by atoms with Crippen molar-refractivity contribution in [2.24, 2.45) is 4.99 Å². The van der Waals surface area contributed by atoms with E-state index in [0.717, 1.165) is 69.4 Å². The van der Waals surface area contributed by atoms with E-state index in [4.69, 9.17) is 4.98 Å². The quantitative estimate of drug-likeness (QED) is 0.201. The van der Waals surface area contributed by atoms with Crippen molar-refractivity contribution in [2.75, 3.05) is 7.05 Å². The SMILES string of the molecule is C=NC(=C/C)/C(=C\C)N(C)Cc1ccc2c3c(ccc(C=O)c13)-c1nc3ccccc3n1CC2. The minimum atomic E-state index is 0.643. The monoisotopic (exact) mass is 448 g/mol. The number of carbonyl (C=O) groups is 1. The smallest absolute Gasteiger partial charge is 0.150 e. The molecule has 5 nitrogen and oxygen atoms in total. The van der Waals surface area contributed by atoms with E-state index in [0.29, 0.717) is 12.1 Å². The van der Waals surface area contributed by atoms with Gasteiger partial charge in [-0.05, 0) is 67.1 Å². The highest BCUT2D eigenvalue weighted by atomic mass is 16.1. The van der Waals surface area contributed by atoms with Crippen molar-refractivity contribution >= 4 is 34.8 Å². The van der Waals surface area contributed by atoms with Crippen LogP contribution in [-0.4, -0.2) is 34.5 Å². The van der Waals surface area contributed by atoms with Gasteiger partial charge in [-0.3, -0.25) is 9.79 Å². The zero-order valence-electron chi connectivity index (χ0n) is 19.9. The number of imidazole rings is 1. The van der Waals surface area contributed by atoms with Crippen LogP contribution < -0.4 is 0 Å². The Labute approximate surface area is 199 Å². The Morgan fingerprint density at radius 2 is 1.94 bits per heavy atom. The number of aldehydes is 1. The summed E-state index contributed by atoms with van der Waals surface area (Å²) in [6.07, 6.45) is 5.86. The number of rotatable bonds is 6. The summed E-state index contributed by atoms with van der Waals surface area (Å²) in [7, 11) is 2.05. The second kappa shape index (κ2) is 8.75. The number of benzene rings is 3. The Morgan fingerprint density at radius 3 is 2.68 bits per heavy atom. The van der Waals surface area contributed by atoms with Gasteiger partial charge in [0.05, 0.1) is 22.4 Å². The molecule has 3 aromatic carbocycles. The van der Waals surface area contributed by atoms with Gasteiger partial charge in [0.25, 0.3) is 0 Å². The lowest BCUT2D eigenvalue weighted by Gasteiger charge is -2.24. The fraction of sp³-hybridized carbons (Fsp3) is 0.207. The summed E-state index contributed by atoms with van der Waals surface area (Å²) in [4.78, 5) is 23.5. The summed E-state index contributed by atoms with van der Waals surface area (Å²) >= 11 is 0. The molecule has 2 heterocycles. The molecule has 34 heavy (non-hydrogen) atoms. The number of hydrogen-bond donors (Lipinski definition) is 0. The van der Waals surface area contributed by atoms with Crippen LogP contribution in [0.4, 0.5) is 0 Å². The minimum absolute atomic E-state index is 0.643. The van der Waals surface area contributed by atoms with E-state index in [1.54, 1.807) is 0 Å². The number of fused-ring (bicyclic) bond motifs is 4. The molecule has 0 aliphatic carbocycles. The lowest BCUT2D eigenvalue weighted by Crippen LogP contribution is -2.19. The maximum atomic E-state index is 12.2. The summed E-state index contributed by atoms with van der Waals surface area (Å²) in [6.45, 7) is 9.18. The van der Waals surface area contributed by atoms with Gasteiger partial charge in [-0.15, -0.1) is 0 Å². The average molecular weight is 449 g/mol. The van der Waals surface area contributed by atoms with Crippen LogP contribution in [0.25, 0.3) is 33.2 Å². The van der Waals surface area contributed by atoms with Crippen LogP contribution in [0, 0.1) is 0 Å². The molecule has 1 aromatic heterocycles. The highest BCUT2D eigenvalue weighted by molar-refractivity contribution is 6.08. The molecular weight excluding hydrogens is 420 g/mol. The van der Waals surface area contributed by atoms with Crippen LogP contribution >= 0.6 is 0 Å². The highest BCUT2D eigenvalue weighted by Gasteiger charge is 2.23. The molecule has 0 radical (unpaired) electrons. The van der Waals surface area contributed by atoms with E-state index in [1.165, 1.54) is 5.56 Å². The second-order valence-electron chi connectivity index (χ2n) is 8.64. The second-order valence-corrected chi connectivity index (χ2v) is 8.64. The minimum Gasteiger partial charge on any atom is -0.369 e. The van der Waals surface area contributed by atoms with Gasteiger partial charge in [0.15, 0.2) is 6.29 Å². The molecule has 0 unspecified atom stereocenters. The molecule has 4 aromatic rings. The molecule has 0 fully saturated rings. The number of aliphatic imine (C=N–C) groups is 1. The van der Waals surface area contributed by atoms with E-state index in [2.05, 4.69) is 57.6 Å². The molecule has 0 spiro atoms. The molecule has 5 heteroatoms. The Bertz CT molecular complexity index is 1510. The largest absolute Gasteiger partial charge is 0.369 e. The lowest BCUT2D eigenvalue weighted by atomic mass is 9.91. The normalized spacial score (nSPS) is 13.6. The van der Waals surface area contributed by atoms with Gasteiger partial charge in [0.1, 0.15) is 5.82 Å². The van der Waals surface area contributed by atoms with Gasteiger partial charge in [0, 0.05) is 31.3 Å². The number of carbonyl (C=O) groups excluding carboxylic acids is 1. The zero-order valence-corrected chi connectivity index (χ0v) is 19.9. The van der Waals surface area contributed by atoms with E-state index in [1.807, 2.05) is 45.2 Å². The Hall–Kier alpha value is -3.99. The third kappa shape index (κ3) is 3.36. The summed E-state index contributed by atoms with van der Waals surface area (Å²) in [6, 6.07) is 16.7. The Morgan fingerprint density at radius 1 is 1.12 bits per heavy atom. The van der Waals surface area contributed by atoms with E-state index in [-0.39, 0.29) is 0 Å². The molecule has 1 aliphatic heterocycles. The number of nitrogens with zero attached hydrogens (tertiary/aromatic N) is 4. The van der Waals surface area contributed by atoms with Crippen molar-refractivity contribution < 1.29 is 4.79 Å². The molecule has 5 rings (SSSR count). The Balaban J connectivity index is 1.72. The predicted molar refractivity (Wildman–Crippen MR) is 140 cm³/mol. The fourth-order valence-electron chi connectivity index (χ4n) is 5.26. The number of aromatic nitrogens is 2. The maximum Gasteiger partial charge on any atom is 0.150 e. The number of aryl methyl sites for hydroxylation is 2. The third-order valence-corrected chi connectivity index (χ3v) is 6.79. The van der Waals surface area contributed by atoms with Gasteiger partial charge in [-0.2, -0.15) is 0 Å².